The van der Waals surface area contributed by atoms with Crippen LogP contribution in [-0.2, 0) is 0 Å². The number of nitrogens with one attached hydrogen (secondary N) is 1. The second-order valence-corrected chi connectivity index (χ2v) is 5.43. The van der Waals surface area contributed by atoms with Gasteiger partial charge in [0.1, 0.15) is 5.82 Å². The SMILES string of the molecule is COc1cc2nc(N3CCNC(C)C3)nc(N)c2cc1OC. The highest BCUT2D eigenvalue weighted by Gasteiger charge is 2.20. The van der Waals surface area contributed by atoms with Crippen molar-refractivity contribution in [2.75, 3.05) is 44.5 Å². The second-order valence-electron chi connectivity index (χ2n) is 5.43. The molecule has 1 aliphatic rings. The summed E-state index contributed by atoms with van der Waals surface area (Å²) in [6, 6.07) is 4.05. The molecule has 22 heavy (non-hydrogen) atoms. The highest BCUT2D eigenvalue weighted by molar-refractivity contribution is 5.91. The van der Waals surface area contributed by atoms with E-state index in [0.717, 1.165) is 30.5 Å². The van der Waals surface area contributed by atoms with Gasteiger partial charge in [-0.3, -0.25) is 0 Å². The van der Waals surface area contributed by atoms with Gasteiger partial charge in [0.2, 0.25) is 5.95 Å². The Balaban J connectivity index is 2.07. The predicted octanol–water partition coefficient (Wildman–Crippen LogP) is 1.03. The van der Waals surface area contributed by atoms with Crippen LogP contribution in [-0.4, -0.2) is 49.9 Å². The molecule has 1 atom stereocenters. The van der Waals surface area contributed by atoms with Crippen molar-refractivity contribution in [1.29, 1.82) is 0 Å². The zero-order valence-corrected chi connectivity index (χ0v) is 13.1. The zero-order valence-electron chi connectivity index (χ0n) is 13.1. The second kappa shape index (κ2) is 5.84. The van der Waals surface area contributed by atoms with E-state index in [0.29, 0.717) is 29.3 Å². The van der Waals surface area contributed by atoms with Crippen LogP contribution in [0.3, 0.4) is 0 Å². The number of nitrogen functional groups attached to an aromatic ring is 1. The molecule has 7 heteroatoms. The van der Waals surface area contributed by atoms with Gasteiger partial charge in [-0.2, -0.15) is 4.98 Å². The van der Waals surface area contributed by atoms with Crippen molar-refractivity contribution in [2.45, 2.75) is 13.0 Å². The summed E-state index contributed by atoms with van der Waals surface area (Å²) >= 11 is 0. The molecule has 0 amide bonds. The van der Waals surface area contributed by atoms with Gasteiger partial charge in [-0.05, 0) is 13.0 Å². The first-order chi connectivity index (χ1) is 10.6. The first kappa shape index (κ1) is 14.6. The molecule has 7 nitrogen and oxygen atoms in total. The predicted molar refractivity (Wildman–Crippen MR) is 86.7 cm³/mol. The zero-order chi connectivity index (χ0) is 15.7. The number of aromatic nitrogens is 2. The maximum absolute atomic E-state index is 6.12. The monoisotopic (exact) mass is 303 g/mol. The fourth-order valence-corrected chi connectivity index (χ4v) is 2.72. The number of nitrogens with two attached hydrogens (primary N) is 1. The van der Waals surface area contributed by atoms with Crippen LogP contribution in [0.5, 0.6) is 11.5 Å². The third kappa shape index (κ3) is 2.59. The molecule has 1 aromatic heterocycles. The Hall–Kier alpha value is -2.28. The Morgan fingerprint density at radius 1 is 1.23 bits per heavy atom. The summed E-state index contributed by atoms with van der Waals surface area (Å²) in [6.45, 7) is 4.78. The molecule has 0 radical (unpaired) electrons. The highest BCUT2D eigenvalue weighted by atomic mass is 16.5. The van der Waals surface area contributed by atoms with Gasteiger partial charge in [0.25, 0.3) is 0 Å². The average Bonchev–Trinajstić information content (AvgIpc) is 2.53. The van der Waals surface area contributed by atoms with Crippen LogP contribution >= 0.6 is 0 Å². The minimum Gasteiger partial charge on any atom is -0.493 e. The third-order valence-electron chi connectivity index (χ3n) is 3.87. The molecule has 2 heterocycles. The molecular formula is C15H21N5O2. The summed E-state index contributed by atoms with van der Waals surface area (Å²) in [5.74, 6) is 2.36. The van der Waals surface area contributed by atoms with Crippen molar-refractivity contribution in [2.24, 2.45) is 0 Å². The number of hydrogen-bond acceptors (Lipinski definition) is 7. The number of anilines is 2. The lowest BCUT2D eigenvalue weighted by Gasteiger charge is -2.32. The third-order valence-corrected chi connectivity index (χ3v) is 3.87. The van der Waals surface area contributed by atoms with Crippen molar-refractivity contribution >= 4 is 22.7 Å². The van der Waals surface area contributed by atoms with E-state index in [-0.39, 0.29) is 0 Å². The van der Waals surface area contributed by atoms with Crippen LogP contribution < -0.4 is 25.4 Å². The van der Waals surface area contributed by atoms with Gasteiger partial charge >= 0.3 is 0 Å². The van der Waals surface area contributed by atoms with Crippen molar-refractivity contribution in [1.82, 2.24) is 15.3 Å². The fraction of sp³-hybridized carbons (Fsp3) is 0.467. The number of benzene rings is 1. The quantitative estimate of drug-likeness (QED) is 0.875. The van der Waals surface area contributed by atoms with Gasteiger partial charge in [-0.1, -0.05) is 0 Å². The lowest BCUT2D eigenvalue weighted by Crippen LogP contribution is -2.49. The molecule has 1 unspecified atom stereocenters. The van der Waals surface area contributed by atoms with Gasteiger partial charge in [0.15, 0.2) is 11.5 Å². The van der Waals surface area contributed by atoms with Crippen LogP contribution in [0.1, 0.15) is 6.92 Å². The van der Waals surface area contributed by atoms with E-state index >= 15 is 0 Å². The topological polar surface area (TPSA) is 85.5 Å². The number of ether oxygens (including phenoxy) is 2. The van der Waals surface area contributed by atoms with E-state index in [1.807, 2.05) is 12.1 Å². The Kier molecular flexibility index (Phi) is 3.89. The summed E-state index contributed by atoms with van der Waals surface area (Å²) in [5.41, 5.74) is 6.88. The Morgan fingerprint density at radius 3 is 2.64 bits per heavy atom. The largest absolute Gasteiger partial charge is 0.493 e. The van der Waals surface area contributed by atoms with E-state index in [1.54, 1.807) is 14.2 Å². The molecule has 3 rings (SSSR count). The molecule has 118 valence electrons. The molecule has 0 aliphatic carbocycles. The van der Waals surface area contributed by atoms with Crippen molar-refractivity contribution < 1.29 is 9.47 Å². The molecular weight excluding hydrogens is 282 g/mol. The number of hydrogen-bond donors (Lipinski definition) is 2. The minimum atomic E-state index is 0.402. The van der Waals surface area contributed by atoms with Crippen LogP contribution in [0.15, 0.2) is 12.1 Å². The van der Waals surface area contributed by atoms with Crippen LogP contribution in [0.4, 0.5) is 11.8 Å². The van der Waals surface area contributed by atoms with Crippen molar-refractivity contribution in [3.8, 4) is 11.5 Å². The van der Waals surface area contributed by atoms with Gasteiger partial charge in [-0.25, -0.2) is 4.98 Å². The number of piperazine rings is 1. The van der Waals surface area contributed by atoms with E-state index in [2.05, 4.69) is 27.1 Å². The normalized spacial score (nSPS) is 18.5. The van der Waals surface area contributed by atoms with E-state index in [9.17, 15) is 0 Å². The van der Waals surface area contributed by atoms with E-state index in [1.165, 1.54) is 0 Å². The first-order valence-electron chi connectivity index (χ1n) is 7.30. The molecule has 0 saturated carbocycles. The molecule has 1 aromatic carbocycles. The Labute approximate surface area is 129 Å². The Morgan fingerprint density at radius 2 is 1.95 bits per heavy atom. The molecule has 1 saturated heterocycles. The van der Waals surface area contributed by atoms with Crippen molar-refractivity contribution in [3.05, 3.63) is 12.1 Å². The summed E-state index contributed by atoms with van der Waals surface area (Å²) in [6.07, 6.45) is 0. The molecule has 0 spiro atoms. The van der Waals surface area contributed by atoms with Crippen molar-refractivity contribution in [3.63, 3.8) is 0 Å². The average molecular weight is 303 g/mol. The van der Waals surface area contributed by atoms with Crippen LogP contribution in [0.2, 0.25) is 0 Å². The minimum absolute atomic E-state index is 0.402. The summed E-state index contributed by atoms with van der Waals surface area (Å²) in [5, 5.41) is 4.17. The van der Waals surface area contributed by atoms with E-state index in [4.69, 9.17) is 15.2 Å². The molecule has 0 bridgehead atoms. The smallest absolute Gasteiger partial charge is 0.227 e. The van der Waals surface area contributed by atoms with Gasteiger partial charge < -0.3 is 25.4 Å². The molecule has 2 aromatic rings. The fourth-order valence-electron chi connectivity index (χ4n) is 2.72. The van der Waals surface area contributed by atoms with E-state index < -0.39 is 0 Å². The lowest BCUT2D eigenvalue weighted by atomic mass is 10.2. The highest BCUT2D eigenvalue weighted by Crippen LogP contribution is 2.34. The first-order valence-corrected chi connectivity index (χ1v) is 7.30. The molecule has 1 fully saturated rings. The number of nitrogens with zero attached hydrogens (tertiary/aromatic N) is 3. The Bertz CT molecular complexity index is 691. The lowest BCUT2D eigenvalue weighted by molar-refractivity contribution is 0.356. The maximum Gasteiger partial charge on any atom is 0.227 e. The number of rotatable bonds is 3. The molecule has 3 N–H and O–H groups in total. The maximum atomic E-state index is 6.12. The number of fused-ring (bicyclic) bond motifs is 1. The van der Waals surface area contributed by atoms with Gasteiger partial charge in [0.05, 0.1) is 19.7 Å². The van der Waals surface area contributed by atoms with Gasteiger partial charge in [0, 0.05) is 37.1 Å². The molecule has 1 aliphatic heterocycles. The summed E-state index contributed by atoms with van der Waals surface area (Å²) < 4.78 is 10.6. The van der Waals surface area contributed by atoms with Crippen LogP contribution in [0, 0.1) is 0 Å². The summed E-state index contributed by atoms with van der Waals surface area (Å²) in [4.78, 5) is 11.3. The summed E-state index contributed by atoms with van der Waals surface area (Å²) in [7, 11) is 3.20. The van der Waals surface area contributed by atoms with Crippen LogP contribution in [0.25, 0.3) is 10.9 Å². The standard InChI is InChI=1S/C15H21N5O2/c1-9-8-20(5-4-17-9)15-18-11-7-13(22-3)12(21-2)6-10(11)14(16)19-15/h6-7,9,17H,4-5,8H2,1-3H3,(H2,16,18,19). The van der Waals surface area contributed by atoms with Gasteiger partial charge in [-0.15, -0.1) is 0 Å². The number of methoxy groups -OCH3 is 2.